The van der Waals surface area contributed by atoms with Crippen molar-refractivity contribution in [3.05, 3.63) is 35.9 Å². The zero-order chi connectivity index (χ0) is 12.0. The van der Waals surface area contributed by atoms with Gasteiger partial charge in [-0.3, -0.25) is 4.52 Å². The van der Waals surface area contributed by atoms with E-state index in [9.17, 15) is 4.57 Å². The topological polar surface area (TPSA) is 87.0 Å². The van der Waals surface area contributed by atoms with E-state index >= 15 is 0 Å². The van der Waals surface area contributed by atoms with Gasteiger partial charge in [0.2, 0.25) is 0 Å². The first kappa shape index (κ1) is 13.4. The Kier molecular flexibility index (Phi) is 5.12. The van der Waals surface area contributed by atoms with Crippen LogP contribution >= 0.6 is 7.82 Å². The van der Waals surface area contributed by atoms with Crippen LogP contribution in [0.25, 0.3) is 0 Å². The van der Waals surface area contributed by atoms with Crippen LogP contribution in [0.1, 0.15) is 18.4 Å². The van der Waals surface area contributed by atoms with Gasteiger partial charge in [-0.05, 0) is 24.8 Å². The van der Waals surface area contributed by atoms with Gasteiger partial charge in [-0.25, -0.2) is 4.57 Å². The summed E-state index contributed by atoms with van der Waals surface area (Å²) in [4.78, 5) is 16.9. The van der Waals surface area contributed by atoms with Crippen LogP contribution in [0.2, 0.25) is 0 Å². The third-order valence-electron chi connectivity index (χ3n) is 2.02. The molecule has 0 radical (unpaired) electrons. The standard InChI is InChI=1S/C10H15O5P/c11-10(15-16(12,13)14)8-4-7-9-5-2-1-3-6-9/h1-3,5-6,10-11H,4,7-8H2,(H2,12,13,14). The summed E-state index contributed by atoms with van der Waals surface area (Å²) in [6, 6.07) is 9.65. The minimum Gasteiger partial charge on any atom is -0.367 e. The van der Waals surface area contributed by atoms with Crippen LogP contribution in [0.15, 0.2) is 30.3 Å². The van der Waals surface area contributed by atoms with Crippen molar-refractivity contribution >= 4 is 7.82 Å². The lowest BCUT2D eigenvalue weighted by Gasteiger charge is -2.11. The van der Waals surface area contributed by atoms with Gasteiger partial charge in [0.05, 0.1) is 0 Å². The van der Waals surface area contributed by atoms with Gasteiger partial charge in [-0.15, -0.1) is 0 Å². The molecule has 0 saturated heterocycles. The van der Waals surface area contributed by atoms with Crippen molar-refractivity contribution in [3.8, 4) is 0 Å². The van der Waals surface area contributed by atoms with Crippen molar-refractivity contribution in [3.63, 3.8) is 0 Å². The molecule has 1 atom stereocenters. The lowest BCUT2D eigenvalue weighted by molar-refractivity contribution is -0.0422. The zero-order valence-corrected chi connectivity index (χ0v) is 9.59. The molecule has 90 valence electrons. The van der Waals surface area contributed by atoms with Crippen molar-refractivity contribution in [2.75, 3.05) is 0 Å². The zero-order valence-electron chi connectivity index (χ0n) is 8.69. The van der Waals surface area contributed by atoms with Crippen LogP contribution in [0.3, 0.4) is 0 Å². The Balaban J connectivity index is 2.23. The molecule has 0 bridgehead atoms. The summed E-state index contributed by atoms with van der Waals surface area (Å²) < 4.78 is 14.5. The third-order valence-corrected chi connectivity index (χ3v) is 2.54. The Morgan fingerprint density at radius 2 is 1.88 bits per heavy atom. The minimum absolute atomic E-state index is 0.194. The van der Waals surface area contributed by atoms with Gasteiger partial charge in [-0.2, -0.15) is 0 Å². The molecule has 16 heavy (non-hydrogen) atoms. The number of rotatable bonds is 6. The molecule has 0 aliphatic heterocycles. The fourth-order valence-electron chi connectivity index (χ4n) is 1.34. The maximum atomic E-state index is 10.4. The lowest BCUT2D eigenvalue weighted by Crippen LogP contribution is -2.10. The molecule has 1 rings (SSSR count). The first-order chi connectivity index (χ1) is 7.47. The number of aliphatic hydroxyl groups excluding tert-OH is 1. The largest absolute Gasteiger partial charge is 0.471 e. The number of phosphoric ester groups is 1. The fraction of sp³-hybridized carbons (Fsp3) is 0.400. The molecule has 6 heteroatoms. The van der Waals surface area contributed by atoms with E-state index in [1.165, 1.54) is 0 Å². The molecule has 0 heterocycles. The van der Waals surface area contributed by atoms with Crippen molar-refractivity contribution in [2.24, 2.45) is 0 Å². The predicted molar refractivity (Wildman–Crippen MR) is 58.5 cm³/mol. The maximum absolute atomic E-state index is 10.4. The van der Waals surface area contributed by atoms with E-state index in [0.717, 1.165) is 12.0 Å². The molecule has 0 saturated carbocycles. The second kappa shape index (κ2) is 6.13. The van der Waals surface area contributed by atoms with E-state index in [1.807, 2.05) is 30.3 Å². The van der Waals surface area contributed by atoms with Crippen molar-refractivity contribution in [1.29, 1.82) is 0 Å². The van der Waals surface area contributed by atoms with Gasteiger partial charge >= 0.3 is 7.82 Å². The van der Waals surface area contributed by atoms with Crippen molar-refractivity contribution < 1.29 is 24.0 Å². The monoisotopic (exact) mass is 246 g/mol. The van der Waals surface area contributed by atoms with Crippen molar-refractivity contribution in [2.45, 2.75) is 25.6 Å². The average Bonchev–Trinajstić information content (AvgIpc) is 2.16. The average molecular weight is 246 g/mol. The molecule has 0 amide bonds. The molecule has 3 N–H and O–H groups in total. The van der Waals surface area contributed by atoms with Crippen LogP contribution in [0, 0.1) is 0 Å². The van der Waals surface area contributed by atoms with Gasteiger partial charge in [0, 0.05) is 0 Å². The maximum Gasteiger partial charge on any atom is 0.471 e. The number of hydrogen-bond acceptors (Lipinski definition) is 3. The summed E-state index contributed by atoms with van der Waals surface area (Å²) in [5, 5.41) is 9.15. The highest BCUT2D eigenvalue weighted by atomic mass is 31.2. The van der Waals surface area contributed by atoms with E-state index in [2.05, 4.69) is 4.52 Å². The second-order valence-corrected chi connectivity index (χ2v) is 4.62. The Hall–Kier alpha value is -0.710. The third kappa shape index (κ3) is 6.00. The quantitative estimate of drug-likeness (QED) is 0.522. The predicted octanol–water partition coefficient (Wildman–Crippen LogP) is 1.44. The fourth-order valence-corrected chi connectivity index (χ4v) is 1.76. The number of benzene rings is 1. The number of aryl methyl sites for hydroxylation is 1. The van der Waals surface area contributed by atoms with E-state index in [0.29, 0.717) is 6.42 Å². The van der Waals surface area contributed by atoms with Gasteiger partial charge in [0.15, 0.2) is 6.29 Å². The summed E-state index contributed by atoms with van der Waals surface area (Å²) >= 11 is 0. The number of aliphatic hydroxyl groups is 1. The smallest absolute Gasteiger partial charge is 0.367 e. The van der Waals surface area contributed by atoms with Gasteiger partial charge < -0.3 is 14.9 Å². The van der Waals surface area contributed by atoms with Crippen LogP contribution in [-0.4, -0.2) is 21.2 Å². The van der Waals surface area contributed by atoms with Crippen LogP contribution in [0.4, 0.5) is 0 Å². The summed E-state index contributed by atoms with van der Waals surface area (Å²) in [6.45, 7) is 0. The molecule has 1 unspecified atom stereocenters. The van der Waals surface area contributed by atoms with E-state index in [4.69, 9.17) is 14.9 Å². The molecule has 1 aromatic rings. The molecular weight excluding hydrogens is 231 g/mol. The lowest BCUT2D eigenvalue weighted by atomic mass is 10.1. The van der Waals surface area contributed by atoms with Crippen LogP contribution in [-0.2, 0) is 15.5 Å². The highest BCUT2D eigenvalue weighted by Crippen LogP contribution is 2.37. The molecule has 0 aliphatic rings. The normalized spacial score (nSPS) is 13.7. The van der Waals surface area contributed by atoms with Crippen molar-refractivity contribution in [1.82, 2.24) is 0 Å². The SMILES string of the molecule is O=P(O)(O)OC(O)CCCc1ccccc1. The molecule has 0 aliphatic carbocycles. The van der Waals surface area contributed by atoms with Gasteiger partial charge in [0.1, 0.15) is 0 Å². The Morgan fingerprint density at radius 3 is 2.44 bits per heavy atom. The van der Waals surface area contributed by atoms with E-state index in [1.54, 1.807) is 0 Å². The minimum atomic E-state index is -4.58. The number of hydrogen-bond donors (Lipinski definition) is 3. The van der Waals surface area contributed by atoms with E-state index in [-0.39, 0.29) is 6.42 Å². The van der Waals surface area contributed by atoms with Crippen LogP contribution < -0.4 is 0 Å². The molecule has 0 fully saturated rings. The van der Waals surface area contributed by atoms with E-state index < -0.39 is 14.1 Å². The summed E-state index contributed by atoms with van der Waals surface area (Å²) in [7, 11) is -4.58. The molecule has 0 spiro atoms. The summed E-state index contributed by atoms with van der Waals surface area (Å²) in [6.07, 6.45) is 0.123. The van der Waals surface area contributed by atoms with Crippen LogP contribution in [0.5, 0.6) is 0 Å². The molecule has 1 aromatic carbocycles. The first-order valence-corrected chi connectivity index (χ1v) is 6.46. The van der Waals surface area contributed by atoms with Gasteiger partial charge in [0.25, 0.3) is 0 Å². The summed E-state index contributed by atoms with van der Waals surface area (Å²) in [5.74, 6) is 0. The highest BCUT2D eigenvalue weighted by Gasteiger charge is 2.19. The second-order valence-electron chi connectivity index (χ2n) is 3.43. The highest BCUT2D eigenvalue weighted by molar-refractivity contribution is 7.46. The van der Waals surface area contributed by atoms with Gasteiger partial charge in [-0.1, -0.05) is 30.3 Å². The number of phosphoric acid groups is 1. The first-order valence-electron chi connectivity index (χ1n) is 4.93. The summed E-state index contributed by atoms with van der Waals surface area (Å²) in [5.41, 5.74) is 1.12. The Labute approximate surface area is 93.9 Å². The molecule has 0 aromatic heterocycles. The Morgan fingerprint density at radius 1 is 1.25 bits per heavy atom. The molecular formula is C10H15O5P. The molecule has 5 nitrogen and oxygen atoms in total. The Bertz CT molecular complexity index is 347.